The summed E-state index contributed by atoms with van der Waals surface area (Å²) in [6, 6.07) is 1.87. The molecule has 0 amide bonds. The number of rotatable bonds is 3. The Morgan fingerprint density at radius 3 is 3.00 bits per heavy atom. The SMILES string of the molecule is O=C(Cc1cncc(Br)c1)c1ncc[nH]1. The van der Waals surface area contributed by atoms with Gasteiger partial charge in [-0.05, 0) is 27.6 Å². The number of aromatic nitrogens is 3. The van der Waals surface area contributed by atoms with Crippen LogP contribution in [0.1, 0.15) is 16.2 Å². The number of carbonyl (C=O) groups is 1. The van der Waals surface area contributed by atoms with E-state index in [0.717, 1.165) is 10.0 Å². The predicted octanol–water partition coefficient (Wildman–Crippen LogP) is 1.99. The summed E-state index contributed by atoms with van der Waals surface area (Å²) in [5, 5.41) is 0. The first-order valence-corrected chi connectivity index (χ1v) is 5.17. The van der Waals surface area contributed by atoms with Crippen molar-refractivity contribution in [3.05, 3.63) is 46.7 Å². The Balaban J connectivity index is 2.13. The Labute approximate surface area is 94.9 Å². The van der Waals surface area contributed by atoms with Crippen LogP contribution in [0.2, 0.25) is 0 Å². The van der Waals surface area contributed by atoms with E-state index < -0.39 is 0 Å². The van der Waals surface area contributed by atoms with Gasteiger partial charge in [-0.3, -0.25) is 9.78 Å². The molecule has 1 N–H and O–H groups in total. The van der Waals surface area contributed by atoms with Crippen molar-refractivity contribution in [1.29, 1.82) is 0 Å². The molecule has 0 saturated heterocycles. The number of H-pyrrole nitrogens is 1. The molecule has 2 rings (SSSR count). The highest BCUT2D eigenvalue weighted by Crippen LogP contribution is 2.11. The molecule has 0 atom stereocenters. The molecule has 2 heterocycles. The maximum atomic E-state index is 11.6. The molecule has 2 aromatic rings. The van der Waals surface area contributed by atoms with Crippen molar-refractivity contribution in [2.24, 2.45) is 0 Å². The minimum atomic E-state index is -0.0418. The summed E-state index contributed by atoms with van der Waals surface area (Å²) in [6.45, 7) is 0. The number of Topliss-reactive ketones (excluding diaryl/α,β-unsaturated/α-hetero) is 1. The lowest BCUT2D eigenvalue weighted by atomic mass is 10.1. The molecular formula is C10H8BrN3O. The highest BCUT2D eigenvalue weighted by atomic mass is 79.9. The van der Waals surface area contributed by atoms with Crippen LogP contribution in [-0.2, 0) is 6.42 Å². The number of pyridine rings is 1. The van der Waals surface area contributed by atoms with E-state index in [2.05, 4.69) is 30.9 Å². The van der Waals surface area contributed by atoms with Gasteiger partial charge in [0.25, 0.3) is 0 Å². The van der Waals surface area contributed by atoms with Crippen molar-refractivity contribution in [2.75, 3.05) is 0 Å². The van der Waals surface area contributed by atoms with E-state index in [-0.39, 0.29) is 5.78 Å². The van der Waals surface area contributed by atoms with Crippen LogP contribution in [-0.4, -0.2) is 20.7 Å². The lowest BCUT2D eigenvalue weighted by molar-refractivity contribution is 0.0984. The minimum absolute atomic E-state index is 0.0418. The third-order valence-electron chi connectivity index (χ3n) is 1.89. The fraction of sp³-hybridized carbons (Fsp3) is 0.100. The van der Waals surface area contributed by atoms with Crippen molar-refractivity contribution in [2.45, 2.75) is 6.42 Å². The van der Waals surface area contributed by atoms with E-state index in [9.17, 15) is 4.79 Å². The molecule has 0 saturated carbocycles. The summed E-state index contributed by atoms with van der Waals surface area (Å²) in [5.41, 5.74) is 0.866. The number of imidazole rings is 1. The van der Waals surface area contributed by atoms with Crippen LogP contribution in [0.3, 0.4) is 0 Å². The first-order chi connectivity index (χ1) is 7.25. The number of nitrogens with zero attached hydrogens (tertiary/aromatic N) is 2. The number of ketones is 1. The second-order valence-electron chi connectivity index (χ2n) is 3.05. The predicted molar refractivity (Wildman–Crippen MR) is 58.6 cm³/mol. The van der Waals surface area contributed by atoms with Gasteiger partial charge in [-0.1, -0.05) is 0 Å². The molecular weight excluding hydrogens is 258 g/mol. The summed E-state index contributed by atoms with van der Waals surface area (Å²) in [5.74, 6) is 0.342. The second-order valence-corrected chi connectivity index (χ2v) is 3.96. The molecule has 0 aliphatic rings. The van der Waals surface area contributed by atoms with Gasteiger partial charge in [-0.2, -0.15) is 0 Å². The average molecular weight is 266 g/mol. The first kappa shape index (κ1) is 10.0. The molecule has 0 bridgehead atoms. The fourth-order valence-corrected chi connectivity index (χ4v) is 1.65. The third kappa shape index (κ3) is 2.50. The zero-order valence-corrected chi connectivity index (χ0v) is 9.36. The molecule has 0 unspecified atom stereocenters. The van der Waals surface area contributed by atoms with Crippen molar-refractivity contribution in [3.63, 3.8) is 0 Å². The minimum Gasteiger partial charge on any atom is -0.342 e. The van der Waals surface area contributed by atoms with Gasteiger partial charge in [0.15, 0.2) is 5.82 Å². The van der Waals surface area contributed by atoms with Crippen LogP contribution in [0.15, 0.2) is 35.3 Å². The summed E-state index contributed by atoms with van der Waals surface area (Å²) in [6.07, 6.45) is 6.85. The van der Waals surface area contributed by atoms with Crippen LogP contribution in [0.5, 0.6) is 0 Å². The Kier molecular flexibility index (Phi) is 2.91. The molecule has 0 spiro atoms. The smallest absolute Gasteiger partial charge is 0.202 e. The van der Waals surface area contributed by atoms with Crippen LogP contribution < -0.4 is 0 Å². The molecule has 5 heteroatoms. The van der Waals surface area contributed by atoms with Crippen molar-refractivity contribution in [1.82, 2.24) is 15.0 Å². The molecule has 0 aromatic carbocycles. The summed E-state index contributed by atoms with van der Waals surface area (Å²) in [4.78, 5) is 22.3. The summed E-state index contributed by atoms with van der Waals surface area (Å²) in [7, 11) is 0. The van der Waals surface area contributed by atoms with Crippen LogP contribution in [0.25, 0.3) is 0 Å². The molecule has 0 fully saturated rings. The molecule has 15 heavy (non-hydrogen) atoms. The van der Waals surface area contributed by atoms with E-state index >= 15 is 0 Å². The number of aromatic amines is 1. The molecule has 0 aliphatic heterocycles. The van der Waals surface area contributed by atoms with Gasteiger partial charge in [0.05, 0.1) is 0 Å². The topological polar surface area (TPSA) is 58.6 Å². The third-order valence-corrected chi connectivity index (χ3v) is 2.32. The van der Waals surface area contributed by atoms with E-state index in [0.29, 0.717) is 12.2 Å². The largest absolute Gasteiger partial charge is 0.342 e. The Hall–Kier alpha value is -1.49. The van der Waals surface area contributed by atoms with E-state index in [1.165, 1.54) is 0 Å². The van der Waals surface area contributed by atoms with Crippen molar-refractivity contribution < 1.29 is 4.79 Å². The molecule has 0 radical (unpaired) electrons. The normalized spacial score (nSPS) is 10.2. The van der Waals surface area contributed by atoms with E-state index in [4.69, 9.17) is 0 Å². The molecule has 76 valence electrons. The zero-order chi connectivity index (χ0) is 10.7. The van der Waals surface area contributed by atoms with Gasteiger partial charge < -0.3 is 4.98 Å². The maximum Gasteiger partial charge on any atom is 0.202 e. The van der Waals surface area contributed by atoms with Crippen LogP contribution in [0, 0.1) is 0 Å². The van der Waals surface area contributed by atoms with Gasteiger partial charge in [0.1, 0.15) is 0 Å². The van der Waals surface area contributed by atoms with Crippen LogP contribution >= 0.6 is 15.9 Å². The zero-order valence-electron chi connectivity index (χ0n) is 7.77. The molecule has 4 nitrogen and oxygen atoms in total. The first-order valence-electron chi connectivity index (χ1n) is 4.38. The number of hydrogen-bond acceptors (Lipinski definition) is 3. The molecule has 0 aliphatic carbocycles. The van der Waals surface area contributed by atoms with Crippen molar-refractivity contribution >= 4 is 21.7 Å². The standard InChI is InChI=1S/C10H8BrN3O/c11-8-3-7(5-12-6-8)4-9(15)10-13-1-2-14-10/h1-3,5-6H,4H2,(H,13,14). The van der Waals surface area contributed by atoms with Gasteiger partial charge >= 0.3 is 0 Å². The average Bonchev–Trinajstić information content (AvgIpc) is 2.70. The fourth-order valence-electron chi connectivity index (χ4n) is 1.24. The van der Waals surface area contributed by atoms with Crippen LogP contribution in [0.4, 0.5) is 0 Å². The number of nitrogens with one attached hydrogen (secondary N) is 1. The lowest BCUT2D eigenvalue weighted by Crippen LogP contribution is -2.05. The maximum absolute atomic E-state index is 11.6. The lowest BCUT2D eigenvalue weighted by Gasteiger charge is -1.98. The van der Waals surface area contributed by atoms with Gasteiger partial charge in [-0.25, -0.2) is 4.98 Å². The number of halogens is 1. The van der Waals surface area contributed by atoms with E-state index in [1.807, 2.05) is 6.07 Å². The Morgan fingerprint density at radius 2 is 2.33 bits per heavy atom. The molecule has 2 aromatic heterocycles. The van der Waals surface area contributed by atoms with Gasteiger partial charge in [-0.15, -0.1) is 0 Å². The monoisotopic (exact) mass is 265 g/mol. The summed E-state index contributed by atoms with van der Waals surface area (Å²) >= 11 is 3.30. The number of hydrogen-bond donors (Lipinski definition) is 1. The summed E-state index contributed by atoms with van der Waals surface area (Å²) < 4.78 is 0.868. The quantitative estimate of drug-likeness (QED) is 0.864. The van der Waals surface area contributed by atoms with Crippen molar-refractivity contribution in [3.8, 4) is 0 Å². The Bertz CT molecular complexity index is 467. The highest BCUT2D eigenvalue weighted by molar-refractivity contribution is 9.10. The Morgan fingerprint density at radius 1 is 1.47 bits per heavy atom. The van der Waals surface area contributed by atoms with Gasteiger partial charge in [0, 0.05) is 35.7 Å². The second kappa shape index (κ2) is 4.35. The van der Waals surface area contributed by atoms with E-state index in [1.54, 1.807) is 24.8 Å². The van der Waals surface area contributed by atoms with Gasteiger partial charge in [0.2, 0.25) is 5.78 Å². The number of carbonyl (C=O) groups excluding carboxylic acids is 1. The highest BCUT2D eigenvalue weighted by Gasteiger charge is 2.09.